The molecule has 0 atom stereocenters. The van der Waals surface area contributed by atoms with Gasteiger partial charge in [0.15, 0.2) is 5.96 Å². The van der Waals surface area contributed by atoms with Crippen LogP contribution < -0.4 is 5.32 Å². The Morgan fingerprint density at radius 3 is 2.79 bits per heavy atom. The average molecular weight is 498 g/mol. The lowest BCUT2D eigenvalue weighted by atomic mass is 9.99. The molecule has 0 saturated carbocycles. The summed E-state index contributed by atoms with van der Waals surface area (Å²) in [6.45, 7) is 9.87. The van der Waals surface area contributed by atoms with E-state index in [1.807, 2.05) is 11.0 Å². The zero-order chi connectivity index (χ0) is 19.5. The smallest absolute Gasteiger partial charge is 0.222 e. The summed E-state index contributed by atoms with van der Waals surface area (Å²) in [6, 6.07) is 8.42. The highest BCUT2D eigenvalue weighted by Crippen LogP contribution is 2.19. The first-order chi connectivity index (χ1) is 13.2. The second-order valence-electron chi connectivity index (χ2n) is 7.03. The molecule has 1 aliphatic rings. The van der Waals surface area contributed by atoms with Crippen LogP contribution in [0.2, 0.25) is 0 Å². The van der Waals surface area contributed by atoms with Crippen molar-refractivity contribution in [2.75, 3.05) is 33.2 Å². The van der Waals surface area contributed by atoms with Gasteiger partial charge in [0.05, 0.1) is 0 Å². The molecule has 1 N–H and O–H groups in total. The number of halogens is 1. The van der Waals surface area contributed by atoms with E-state index in [1.54, 1.807) is 0 Å². The third-order valence-electron chi connectivity index (χ3n) is 4.89. The summed E-state index contributed by atoms with van der Waals surface area (Å²) in [5.74, 6) is 1.16. The van der Waals surface area contributed by atoms with Gasteiger partial charge < -0.3 is 15.1 Å². The predicted octanol–water partition coefficient (Wildman–Crippen LogP) is 3.83. The summed E-state index contributed by atoms with van der Waals surface area (Å²) in [4.78, 5) is 21.3. The Morgan fingerprint density at radius 2 is 2.07 bits per heavy atom. The standard InChI is InChI=1S/C22H34N4O.HI/c1-4-6-9-16-25(3)22(23-5-2)24-15-10-13-21(27)26-17-14-19-11-7-8-12-20(19)18-26;/h4,7-8,11-12H,1,5-6,9-10,13-18H2,2-3H3,(H,23,24);1H. The minimum atomic E-state index is 0. The maximum atomic E-state index is 12.5. The largest absolute Gasteiger partial charge is 0.357 e. The number of hydrogen-bond donors (Lipinski definition) is 1. The van der Waals surface area contributed by atoms with Crippen molar-refractivity contribution in [3.8, 4) is 0 Å². The van der Waals surface area contributed by atoms with Crippen molar-refractivity contribution in [1.29, 1.82) is 0 Å². The van der Waals surface area contributed by atoms with Gasteiger partial charge in [-0.1, -0.05) is 30.3 Å². The van der Waals surface area contributed by atoms with E-state index in [0.717, 1.165) is 57.8 Å². The van der Waals surface area contributed by atoms with E-state index >= 15 is 0 Å². The number of unbranched alkanes of at least 4 members (excludes halogenated alkanes) is 1. The third kappa shape index (κ3) is 7.81. The molecule has 0 spiro atoms. The van der Waals surface area contributed by atoms with Gasteiger partial charge in [-0.2, -0.15) is 0 Å². The van der Waals surface area contributed by atoms with E-state index in [2.05, 4.69) is 60.0 Å². The fourth-order valence-corrected chi connectivity index (χ4v) is 3.33. The van der Waals surface area contributed by atoms with Crippen LogP contribution in [0.5, 0.6) is 0 Å². The molecule has 1 amide bonds. The van der Waals surface area contributed by atoms with Crippen LogP contribution in [0.25, 0.3) is 0 Å². The van der Waals surface area contributed by atoms with Crippen LogP contribution in [0.1, 0.15) is 43.7 Å². The lowest BCUT2D eigenvalue weighted by molar-refractivity contribution is -0.132. The van der Waals surface area contributed by atoms with Crippen molar-refractivity contribution in [3.05, 3.63) is 48.0 Å². The molecule has 0 aliphatic carbocycles. The van der Waals surface area contributed by atoms with E-state index in [4.69, 9.17) is 0 Å². The monoisotopic (exact) mass is 498 g/mol. The van der Waals surface area contributed by atoms with Crippen molar-refractivity contribution in [1.82, 2.24) is 15.1 Å². The number of benzene rings is 1. The maximum absolute atomic E-state index is 12.5. The van der Waals surface area contributed by atoms with Gasteiger partial charge in [-0.05, 0) is 43.7 Å². The fraction of sp³-hybridized carbons (Fsp3) is 0.545. The Balaban J connectivity index is 0.00000392. The highest BCUT2D eigenvalue weighted by Gasteiger charge is 2.19. The zero-order valence-electron chi connectivity index (χ0n) is 17.3. The molecule has 1 aliphatic heterocycles. The molecular weight excluding hydrogens is 463 g/mol. The van der Waals surface area contributed by atoms with Crippen molar-refractivity contribution in [2.24, 2.45) is 4.99 Å². The number of rotatable bonds is 9. The molecule has 0 bridgehead atoms. The third-order valence-corrected chi connectivity index (χ3v) is 4.89. The first-order valence-electron chi connectivity index (χ1n) is 10.1. The van der Waals surface area contributed by atoms with Gasteiger partial charge in [-0.15, -0.1) is 30.6 Å². The topological polar surface area (TPSA) is 47.9 Å². The average Bonchev–Trinajstić information content (AvgIpc) is 2.69. The number of carbonyl (C=O) groups excluding carboxylic acids is 1. The fourth-order valence-electron chi connectivity index (χ4n) is 3.33. The van der Waals surface area contributed by atoms with Crippen LogP contribution in [-0.2, 0) is 17.8 Å². The lowest BCUT2D eigenvalue weighted by Crippen LogP contribution is -2.39. The Bertz CT molecular complexity index is 647. The number of guanidine groups is 1. The van der Waals surface area contributed by atoms with Crippen LogP contribution in [0, 0.1) is 0 Å². The lowest BCUT2D eigenvalue weighted by Gasteiger charge is -2.29. The Morgan fingerprint density at radius 1 is 1.32 bits per heavy atom. The number of hydrogen-bond acceptors (Lipinski definition) is 2. The highest BCUT2D eigenvalue weighted by atomic mass is 127. The zero-order valence-corrected chi connectivity index (χ0v) is 19.7. The maximum Gasteiger partial charge on any atom is 0.222 e. The summed E-state index contributed by atoms with van der Waals surface area (Å²) in [6.07, 6.45) is 6.33. The molecule has 0 saturated heterocycles. The molecule has 5 nitrogen and oxygen atoms in total. The first kappa shape index (κ1) is 24.5. The number of nitrogens with one attached hydrogen (secondary N) is 1. The SMILES string of the molecule is C=CCCCN(C)C(=NCCCC(=O)N1CCc2ccccc2C1)NCC.I. The molecule has 0 aromatic heterocycles. The number of nitrogens with zero attached hydrogens (tertiary/aromatic N) is 3. The predicted molar refractivity (Wildman–Crippen MR) is 128 cm³/mol. The molecule has 0 fully saturated rings. The summed E-state index contributed by atoms with van der Waals surface area (Å²) in [5, 5.41) is 3.33. The van der Waals surface area contributed by atoms with Gasteiger partial charge in [0.2, 0.25) is 5.91 Å². The number of carbonyl (C=O) groups is 1. The van der Waals surface area contributed by atoms with Gasteiger partial charge in [-0.25, -0.2) is 0 Å². The molecule has 2 rings (SSSR count). The van der Waals surface area contributed by atoms with Crippen LogP contribution in [0.3, 0.4) is 0 Å². The highest BCUT2D eigenvalue weighted by molar-refractivity contribution is 14.0. The first-order valence-corrected chi connectivity index (χ1v) is 10.1. The Labute approximate surface area is 187 Å². The molecule has 1 heterocycles. The van der Waals surface area contributed by atoms with Crippen LogP contribution in [0.15, 0.2) is 41.9 Å². The van der Waals surface area contributed by atoms with E-state index in [1.165, 1.54) is 11.1 Å². The summed E-state index contributed by atoms with van der Waals surface area (Å²) in [5.41, 5.74) is 2.66. The van der Waals surface area contributed by atoms with Gasteiger partial charge in [-0.3, -0.25) is 9.79 Å². The van der Waals surface area contributed by atoms with Crippen molar-refractivity contribution in [3.63, 3.8) is 0 Å². The molecular formula is C22H35IN4O. The molecule has 0 radical (unpaired) electrons. The van der Waals surface area contributed by atoms with Crippen molar-refractivity contribution < 1.29 is 4.79 Å². The van der Waals surface area contributed by atoms with Crippen LogP contribution in [-0.4, -0.2) is 54.9 Å². The van der Waals surface area contributed by atoms with Crippen molar-refractivity contribution in [2.45, 2.75) is 45.6 Å². The van der Waals surface area contributed by atoms with E-state index in [9.17, 15) is 4.79 Å². The number of aliphatic imine (C=N–C) groups is 1. The number of amides is 1. The molecule has 28 heavy (non-hydrogen) atoms. The molecule has 0 unspecified atom stereocenters. The quantitative estimate of drug-likeness (QED) is 0.185. The van der Waals surface area contributed by atoms with Crippen molar-refractivity contribution >= 4 is 35.8 Å². The molecule has 156 valence electrons. The van der Waals surface area contributed by atoms with E-state index < -0.39 is 0 Å². The van der Waals surface area contributed by atoms with E-state index in [-0.39, 0.29) is 29.9 Å². The molecule has 6 heteroatoms. The minimum absolute atomic E-state index is 0. The van der Waals surface area contributed by atoms with Gasteiger partial charge >= 0.3 is 0 Å². The summed E-state index contributed by atoms with van der Waals surface area (Å²) < 4.78 is 0. The van der Waals surface area contributed by atoms with Crippen LogP contribution in [0.4, 0.5) is 0 Å². The molecule has 1 aromatic carbocycles. The normalized spacial score (nSPS) is 13.4. The van der Waals surface area contributed by atoms with Gasteiger partial charge in [0.25, 0.3) is 0 Å². The second-order valence-corrected chi connectivity index (χ2v) is 7.03. The Kier molecular flexibility index (Phi) is 11.9. The Hall–Kier alpha value is -1.57. The number of fused-ring (bicyclic) bond motifs is 1. The molecule has 1 aromatic rings. The second kappa shape index (κ2) is 13.6. The van der Waals surface area contributed by atoms with Crippen LogP contribution >= 0.6 is 24.0 Å². The summed E-state index contributed by atoms with van der Waals surface area (Å²) >= 11 is 0. The van der Waals surface area contributed by atoms with E-state index in [0.29, 0.717) is 13.0 Å². The minimum Gasteiger partial charge on any atom is -0.357 e. The summed E-state index contributed by atoms with van der Waals surface area (Å²) in [7, 11) is 2.06. The van der Waals surface area contributed by atoms with Gasteiger partial charge in [0, 0.05) is 46.2 Å². The number of allylic oxidation sites excluding steroid dienone is 1. The van der Waals surface area contributed by atoms with Gasteiger partial charge in [0.1, 0.15) is 0 Å².